The molecule has 1 aromatic rings. The molecule has 4 heteroatoms. The predicted molar refractivity (Wildman–Crippen MR) is 65.3 cm³/mol. The molecule has 1 aliphatic carbocycles. The van der Waals surface area contributed by atoms with Crippen molar-refractivity contribution in [3.05, 3.63) is 16.1 Å². The van der Waals surface area contributed by atoms with Gasteiger partial charge < -0.3 is 4.90 Å². The molecule has 1 amide bonds. The average Bonchev–Trinajstić information content (AvgIpc) is 3.00. The van der Waals surface area contributed by atoms with Gasteiger partial charge >= 0.3 is 0 Å². The molecular weight excluding hydrogens is 220 g/mol. The second kappa shape index (κ2) is 4.95. The highest BCUT2D eigenvalue weighted by molar-refractivity contribution is 7.09. The molecule has 16 heavy (non-hydrogen) atoms. The van der Waals surface area contributed by atoms with Gasteiger partial charge in [0.25, 0.3) is 0 Å². The minimum Gasteiger partial charge on any atom is -0.334 e. The first-order valence-corrected chi connectivity index (χ1v) is 6.79. The van der Waals surface area contributed by atoms with E-state index in [0.717, 1.165) is 17.1 Å². The first-order chi connectivity index (χ1) is 7.70. The zero-order valence-electron chi connectivity index (χ0n) is 9.90. The second-order valence-electron chi connectivity index (χ2n) is 4.36. The Morgan fingerprint density at radius 2 is 2.38 bits per heavy atom. The van der Waals surface area contributed by atoms with E-state index >= 15 is 0 Å². The minimum atomic E-state index is 0.288. The number of thiazole rings is 1. The molecule has 0 spiro atoms. The van der Waals surface area contributed by atoms with E-state index in [0.29, 0.717) is 19.0 Å². The molecule has 0 aliphatic heterocycles. The fourth-order valence-corrected chi connectivity index (χ4v) is 2.42. The summed E-state index contributed by atoms with van der Waals surface area (Å²) in [6, 6.07) is 0.487. The van der Waals surface area contributed by atoms with E-state index in [1.54, 1.807) is 11.3 Å². The SMILES string of the molecule is CCCC(=O)N(Cc1csc(C)n1)C1CC1. The van der Waals surface area contributed by atoms with Gasteiger partial charge in [-0.2, -0.15) is 0 Å². The first-order valence-electron chi connectivity index (χ1n) is 5.91. The lowest BCUT2D eigenvalue weighted by Crippen LogP contribution is -2.32. The molecule has 1 aromatic heterocycles. The Hall–Kier alpha value is -0.900. The molecule has 0 radical (unpaired) electrons. The number of nitrogens with zero attached hydrogens (tertiary/aromatic N) is 2. The van der Waals surface area contributed by atoms with Gasteiger partial charge in [-0.25, -0.2) is 4.98 Å². The summed E-state index contributed by atoms with van der Waals surface area (Å²) in [5.74, 6) is 0.288. The average molecular weight is 238 g/mol. The molecule has 88 valence electrons. The standard InChI is InChI=1S/C12H18N2OS/c1-3-4-12(15)14(11-5-6-11)7-10-8-16-9(2)13-10/h8,11H,3-7H2,1-2H3. The van der Waals surface area contributed by atoms with Gasteiger partial charge in [-0.15, -0.1) is 11.3 Å². The summed E-state index contributed by atoms with van der Waals surface area (Å²) in [4.78, 5) is 18.4. The van der Waals surface area contributed by atoms with Crippen molar-refractivity contribution in [1.29, 1.82) is 0 Å². The lowest BCUT2D eigenvalue weighted by Gasteiger charge is -2.21. The summed E-state index contributed by atoms with van der Waals surface area (Å²) in [7, 11) is 0. The largest absolute Gasteiger partial charge is 0.334 e. The van der Waals surface area contributed by atoms with Gasteiger partial charge in [0.2, 0.25) is 5.91 Å². The fourth-order valence-electron chi connectivity index (χ4n) is 1.82. The Balaban J connectivity index is 2.00. The van der Waals surface area contributed by atoms with Crippen LogP contribution in [0.5, 0.6) is 0 Å². The van der Waals surface area contributed by atoms with Crippen LogP contribution in [0.25, 0.3) is 0 Å². The van der Waals surface area contributed by atoms with Crippen LogP contribution in [0, 0.1) is 6.92 Å². The van der Waals surface area contributed by atoms with Crippen molar-refractivity contribution in [2.75, 3.05) is 0 Å². The van der Waals surface area contributed by atoms with Crippen LogP contribution in [-0.2, 0) is 11.3 Å². The summed E-state index contributed by atoms with van der Waals surface area (Å²) in [6.07, 6.45) is 3.93. The summed E-state index contributed by atoms with van der Waals surface area (Å²) in [5.41, 5.74) is 1.04. The zero-order chi connectivity index (χ0) is 11.5. The van der Waals surface area contributed by atoms with Gasteiger partial charge in [0.05, 0.1) is 17.2 Å². The van der Waals surface area contributed by atoms with Crippen LogP contribution in [0.4, 0.5) is 0 Å². The molecule has 0 atom stereocenters. The fraction of sp³-hybridized carbons (Fsp3) is 0.667. The van der Waals surface area contributed by atoms with Gasteiger partial charge in [-0.05, 0) is 26.2 Å². The molecule has 0 bridgehead atoms. The van der Waals surface area contributed by atoms with Crippen molar-refractivity contribution in [3.63, 3.8) is 0 Å². The van der Waals surface area contributed by atoms with Crippen molar-refractivity contribution in [3.8, 4) is 0 Å². The zero-order valence-corrected chi connectivity index (χ0v) is 10.7. The number of aromatic nitrogens is 1. The maximum absolute atomic E-state index is 11.9. The molecule has 1 fully saturated rings. The molecule has 0 saturated heterocycles. The molecule has 0 unspecified atom stereocenters. The minimum absolute atomic E-state index is 0.288. The first kappa shape index (κ1) is 11.6. The van der Waals surface area contributed by atoms with Gasteiger partial charge in [0, 0.05) is 17.8 Å². The molecular formula is C12H18N2OS. The Morgan fingerprint density at radius 1 is 1.62 bits per heavy atom. The van der Waals surface area contributed by atoms with E-state index in [1.165, 1.54) is 12.8 Å². The van der Waals surface area contributed by atoms with Crippen LogP contribution >= 0.6 is 11.3 Å². The lowest BCUT2D eigenvalue weighted by atomic mass is 10.3. The number of aryl methyl sites for hydroxylation is 1. The van der Waals surface area contributed by atoms with E-state index in [2.05, 4.69) is 17.3 Å². The quantitative estimate of drug-likeness (QED) is 0.790. The number of rotatable bonds is 5. The third kappa shape index (κ3) is 2.82. The molecule has 0 aromatic carbocycles. The van der Waals surface area contributed by atoms with E-state index < -0.39 is 0 Å². The van der Waals surface area contributed by atoms with Gasteiger partial charge in [0.1, 0.15) is 0 Å². The van der Waals surface area contributed by atoms with Crippen LogP contribution in [0.15, 0.2) is 5.38 Å². The maximum Gasteiger partial charge on any atom is 0.223 e. The highest BCUT2D eigenvalue weighted by atomic mass is 32.1. The number of carbonyl (C=O) groups excluding carboxylic acids is 1. The van der Waals surface area contributed by atoms with Crippen LogP contribution in [0.1, 0.15) is 43.3 Å². The van der Waals surface area contributed by atoms with E-state index in [9.17, 15) is 4.79 Å². The van der Waals surface area contributed by atoms with Gasteiger partial charge in [-0.1, -0.05) is 6.92 Å². The molecule has 1 heterocycles. The van der Waals surface area contributed by atoms with E-state index in [1.807, 2.05) is 11.8 Å². The third-order valence-electron chi connectivity index (χ3n) is 2.77. The summed E-state index contributed by atoms with van der Waals surface area (Å²) < 4.78 is 0. The third-order valence-corrected chi connectivity index (χ3v) is 3.59. The van der Waals surface area contributed by atoms with Crippen LogP contribution in [0.2, 0.25) is 0 Å². The normalized spacial score (nSPS) is 15.1. The summed E-state index contributed by atoms with van der Waals surface area (Å²) >= 11 is 1.65. The number of hydrogen-bond donors (Lipinski definition) is 0. The Morgan fingerprint density at radius 3 is 2.88 bits per heavy atom. The lowest BCUT2D eigenvalue weighted by molar-refractivity contribution is -0.132. The second-order valence-corrected chi connectivity index (χ2v) is 5.42. The number of hydrogen-bond acceptors (Lipinski definition) is 3. The topological polar surface area (TPSA) is 33.2 Å². The predicted octanol–water partition coefficient (Wildman–Crippen LogP) is 2.74. The molecule has 1 aliphatic rings. The Labute approximate surface area is 100 Å². The molecule has 1 saturated carbocycles. The maximum atomic E-state index is 11.9. The van der Waals surface area contributed by atoms with Crippen LogP contribution < -0.4 is 0 Å². The highest BCUT2D eigenvalue weighted by Crippen LogP contribution is 2.29. The Bertz CT molecular complexity index is 371. The van der Waals surface area contributed by atoms with Gasteiger partial charge in [0.15, 0.2) is 0 Å². The van der Waals surface area contributed by atoms with Crippen molar-refractivity contribution in [2.45, 2.75) is 52.1 Å². The van der Waals surface area contributed by atoms with E-state index in [4.69, 9.17) is 0 Å². The van der Waals surface area contributed by atoms with Crippen molar-refractivity contribution in [2.24, 2.45) is 0 Å². The summed E-state index contributed by atoms with van der Waals surface area (Å²) in [6.45, 7) is 4.76. The van der Waals surface area contributed by atoms with Crippen molar-refractivity contribution >= 4 is 17.2 Å². The summed E-state index contributed by atoms with van der Waals surface area (Å²) in [5, 5.41) is 3.14. The van der Waals surface area contributed by atoms with Crippen LogP contribution in [-0.4, -0.2) is 21.8 Å². The van der Waals surface area contributed by atoms with Crippen molar-refractivity contribution < 1.29 is 4.79 Å². The smallest absolute Gasteiger partial charge is 0.223 e. The van der Waals surface area contributed by atoms with Gasteiger partial charge in [-0.3, -0.25) is 4.79 Å². The number of carbonyl (C=O) groups is 1. The number of amides is 1. The molecule has 2 rings (SSSR count). The van der Waals surface area contributed by atoms with E-state index in [-0.39, 0.29) is 5.91 Å². The Kier molecular flexibility index (Phi) is 3.59. The molecule has 3 nitrogen and oxygen atoms in total. The highest BCUT2D eigenvalue weighted by Gasteiger charge is 2.32. The monoisotopic (exact) mass is 238 g/mol. The molecule has 0 N–H and O–H groups in total. The van der Waals surface area contributed by atoms with Crippen LogP contribution in [0.3, 0.4) is 0 Å². The van der Waals surface area contributed by atoms with Crippen molar-refractivity contribution in [1.82, 2.24) is 9.88 Å².